The smallest absolute Gasteiger partial charge is 0.0440 e. The summed E-state index contributed by atoms with van der Waals surface area (Å²) in [5, 5.41) is 9.90. The van der Waals surface area contributed by atoms with E-state index in [0.717, 1.165) is 12.0 Å². The number of aliphatic hydroxyl groups excluding tert-OH is 1. The number of nitrogens with two attached hydrogens (primary N) is 1. The van der Waals surface area contributed by atoms with E-state index in [4.69, 9.17) is 17.3 Å². The van der Waals surface area contributed by atoms with Gasteiger partial charge >= 0.3 is 0 Å². The lowest BCUT2D eigenvalue weighted by atomic mass is 9.73. The van der Waals surface area contributed by atoms with E-state index in [0.29, 0.717) is 11.4 Å². The summed E-state index contributed by atoms with van der Waals surface area (Å²) in [7, 11) is 0. The molecule has 0 aliphatic carbocycles. The summed E-state index contributed by atoms with van der Waals surface area (Å²) in [6.45, 7) is 4.28. The Bertz CT molecular complexity index is 342. The van der Waals surface area contributed by atoms with Crippen LogP contribution >= 0.6 is 11.6 Å². The Morgan fingerprint density at radius 3 is 2.69 bits per heavy atom. The molecule has 0 bridgehead atoms. The van der Waals surface area contributed by atoms with Gasteiger partial charge in [0.25, 0.3) is 0 Å². The maximum atomic E-state index is 9.19. The number of hydrogen-bond donors (Lipinski definition) is 2. The van der Waals surface area contributed by atoms with Gasteiger partial charge in [-0.15, -0.1) is 0 Å². The summed E-state index contributed by atoms with van der Waals surface area (Å²) in [6, 6.07) is 7.76. The number of aliphatic hydroxyl groups is 1. The molecule has 3 N–H and O–H groups in total. The molecule has 2 unspecified atom stereocenters. The molecule has 0 aliphatic heterocycles. The van der Waals surface area contributed by atoms with Gasteiger partial charge in [-0.25, -0.2) is 0 Å². The van der Waals surface area contributed by atoms with Gasteiger partial charge in [-0.3, -0.25) is 0 Å². The summed E-state index contributed by atoms with van der Waals surface area (Å²) in [4.78, 5) is 0. The SMILES string of the molecule is CCC(N)C(C)(CCO)c1cccc(Cl)c1. The fourth-order valence-corrected chi connectivity index (χ4v) is 2.26. The molecule has 0 saturated heterocycles. The Kier molecular flexibility index (Phi) is 4.78. The second-order valence-electron chi connectivity index (χ2n) is 4.42. The Hall–Kier alpha value is -0.570. The van der Waals surface area contributed by atoms with Crippen LogP contribution in [0.3, 0.4) is 0 Å². The normalized spacial score (nSPS) is 16.8. The lowest BCUT2D eigenvalue weighted by Gasteiger charge is -2.35. The van der Waals surface area contributed by atoms with E-state index in [9.17, 15) is 5.11 Å². The van der Waals surface area contributed by atoms with Crippen molar-refractivity contribution in [3.8, 4) is 0 Å². The van der Waals surface area contributed by atoms with Gasteiger partial charge in [0, 0.05) is 23.1 Å². The molecule has 0 amide bonds. The summed E-state index contributed by atoms with van der Waals surface area (Å²) < 4.78 is 0. The largest absolute Gasteiger partial charge is 0.396 e. The minimum atomic E-state index is -0.214. The highest BCUT2D eigenvalue weighted by molar-refractivity contribution is 6.30. The van der Waals surface area contributed by atoms with Gasteiger partial charge < -0.3 is 10.8 Å². The maximum Gasteiger partial charge on any atom is 0.0440 e. The Morgan fingerprint density at radius 1 is 1.50 bits per heavy atom. The van der Waals surface area contributed by atoms with Crippen molar-refractivity contribution in [1.82, 2.24) is 0 Å². The van der Waals surface area contributed by atoms with Gasteiger partial charge in [0.1, 0.15) is 0 Å². The van der Waals surface area contributed by atoms with Crippen LogP contribution in [-0.4, -0.2) is 17.8 Å². The average Bonchev–Trinajstić information content (AvgIpc) is 2.28. The van der Waals surface area contributed by atoms with Gasteiger partial charge in [-0.2, -0.15) is 0 Å². The molecule has 0 heterocycles. The van der Waals surface area contributed by atoms with Crippen LogP contribution in [0.2, 0.25) is 5.02 Å². The summed E-state index contributed by atoms with van der Waals surface area (Å²) >= 11 is 6.00. The van der Waals surface area contributed by atoms with Gasteiger partial charge in [0.15, 0.2) is 0 Å². The molecule has 1 aromatic carbocycles. The van der Waals surface area contributed by atoms with Crippen molar-refractivity contribution in [2.24, 2.45) is 5.73 Å². The molecule has 0 fully saturated rings. The van der Waals surface area contributed by atoms with Gasteiger partial charge in [0.05, 0.1) is 0 Å². The minimum absolute atomic E-state index is 0.0260. The van der Waals surface area contributed by atoms with Crippen molar-refractivity contribution in [3.63, 3.8) is 0 Å². The van der Waals surface area contributed by atoms with Gasteiger partial charge in [-0.1, -0.05) is 37.6 Å². The van der Waals surface area contributed by atoms with Crippen LogP contribution in [0.5, 0.6) is 0 Å². The van der Waals surface area contributed by atoms with Crippen LogP contribution in [-0.2, 0) is 5.41 Å². The zero-order valence-corrected chi connectivity index (χ0v) is 10.7. The topological polar surface area (TPSA) is 46.2 Å². The molecule has 1 rings (SSSR count). The van der Waals surface area contributed by atoms with Crippen molar-refractivity contribution in [2.45, 2.75) is 38.1 Å². The predicted molar refractivity (Wildman–Crippen MR) is 68.8 cm³/mol. The Morgan fingerprint density at radius 2 is 2.19 bits per heavy atom. The van der Waals surface area contributed by atoms with Crippen molar-refractivity contribution < 1.29 is 5.11 Å². The molecule has 16 heavy (non-hydrogen) atoms. The van der Waals surface area contributed by atoms with E-state index in [-0.39, 0.29) is 18.1 Å². The van der Waals surface area contributed by atoms with E-state index in [1.54, 1.807) is 0 Å². The fraction of sp³-hybridized carbons (Fsp3) is 0.538. The highest BCUT2D eigenvalue weighted by Gasteiger charge is 2.32. The van der Waals surface area contributed by atoms with Crippen molar-refractivity contribution in [1.29, 1.82) is 0 Å². The quantitative estimate of drug-likeness (QED) is 0.833. The first-order chi connectivity index (χ1) is 7.54. The second-order valence-corrected chi connectivity index (χ2v) is 4.85. The van der Waals surface area contributed by atoms with E-state index in [2.05, 4.69) is 13.8 Å². The van der Waals surface area contributed by atoms with E-state index < -0.39 is 0 Å². The first-order valence-electron chi connectivity index (χ1n) is 5.67. The summed E-state index contributed by atoms with van der Waals surface area (Å²) in [5.74, 6) is 0. The number of hydrogen-bond acceptors (Lipinski definition) is 2. The average molecular weight is 242 g/mol. The van der Waals surface area contributed by atoms with E-state index >= 15 is 0 Å². The third kappa shape index (κ3) is 2.76. The number of rotatable bonds is 5. The third-order valence-corrected chi connectivity index (χ3v) is 3.61. The predicted octanol–water partition coefficient (Wildman–Crippen LogP) is 2.72. The molecule has 0 aliphatic rings. The van der Waals surface area contributed by atoms with Crippen LogP contribution in [0.25, 0.3) is 0 Å². The molecule has 90 valence electrons. The molecular weight excluding hydrogens is 222 g/mol. The van der Waals surface area contributed by atoms with Crippen LogP contribution in [0.1, 0.15) is 32.3 Å². The maximum absolute atomic E-state index is 9.19. The summed E-state index contributed by atoms with van der Waals surface area (Å²) in [6.07, 6.45) is 1.53. The minimum Gasteiger partial charge on any atom is -0.396 e. The van der Waals surface area contributed by atoms with E-state index in [1.165, 1.54) is 0 Å². The lowest BCUT2D eigenvalue weighted by molar-refractivity contribution is 0.223. The molecule has 2 nitrogen and oxygen atoms in total. The van der Waals surface area contributed by atoms with Crippen molar-refractivity contribution >= 4 is 11.6 Å². The lowest BCUT2D eigenvalue weighted by Crippen LogP contribution is -2.43. The molecule has 0 aromatic heterocycles. The van der Waals surface area contributed by atoms with Gasteiger partial charge in [-0.05, 0) is 30.5 Å². The highest BCUT2D eigenvalue weighted by atomic mass is 35.5. The number of halogens is 1. The molecular formula is C13H20ClNO. The van der Waals surface area contributed by atoms with Crippen LogP contribution in [0.15, 0.2) is 24.3 Å². The van der Waals surface area contributed by atoms with Gasteiger partial charge in [0.2, 0.25) is 0 Å². The van der Waals surface area contributed by atoms with Crippen LogP contribution < -0.4 is 5.73 Å². The molecule has 0 saturated carbocycles. The third-order valence-electron chi connectivity index (χ3n) is 3.37. The standard InChI is InChI=1S/C13H20ClNO/c1-3-12(15)13(2,7-8-16)10-5-4-6-11(14)9-10/h4-6,9,12,16H,3,7-8,15H2,1-2H3. The fourth-order valence-electron chi connectivity index (χ4n) is 2.07. The first kappa shape index (κ1) is 13.5. The molecule has 0 radical (unpaired) electrons. The van der Waals surface area contributed by atoms with Crippen LogP contribution in [0, 0.1) is 0 Å². The van der Waals surface area contributed by atoms with Crippen molar-refractivity contribution in [3.05, 3.63) is 34.9 Å². The Balaban J connectivity index is 3.10. The molecule has 2 atom stereocenters. The Labute approximate surface area is 102 Å². The van der Waals surface area contributed by atoms with Crippen molar-refractivity contribution in [2.75, 3.05) is 6.61 Å². The summed E-state index contributed by atoms with van der Waals surface area (Å²) in [5.41, 5.74) is 7.05. The molecule has 0 spiro atoms. The zero-order valence-electron chi connectivity index (χ0n) is 9.91. The number of benzene rings is 1. The molecule has 1 aromatic rings. The first-order valence-corrected chi connectivity index (χ1v) is 6.05. The molecule has 3 heteroatoms. The zero-order chi connectivity index (χ0) is 12.2. The monoisotopic (exact) mass is 241 g/mol. The van der Waals surface area contributed by atoms with E-state index in [1.807, 2.05) is 24.3 Å². The van der Waals surface area contributed by atoms with Crippen LogP contribution in [0.4, 0.5) is 0 Å². The highest BCUT2D eigenvalue weighted by Crippen LogP contribution is 2.32. The second kappa shape index (κ2) is 5.67.